The highest BCUT2D eigenvalue weighted by Gasteiger charge is 2.18. The number of benzene rings is 2. The van der Waals surface area contributed by atoms with Gasteiger partial charge >= 0.3 is 0 Å². The van der Waals surface area contributed by atoms with Crippen molar-refractivity contribution in [3.05, 3.63) is 89.5 Å². The number of hydrogen-bond acceptors (Lipinski definition) is 4. The van der Waals surface area contributed by atoms with Crippen molar-refractivity contribution in [3.63, 3.8) is 0 Å². The van der Waals surface area contributed by atoms with Crippen molar-refractivity contribution in [2.75, 3.05) is 6.61 Å². The number of amides is 1. The lowest BCUT2D eigenvalue weighted by atomic mass is 9.98. The third-order valence-electron chi connectivity index (χ3n) is 3.95. The lowest BCUT2D eigenvalue weighted by Gasteiger charge is -2.20. The van der Waals surface area contributed by atoms with Crippen molar-refractivity contribution in [2.45, 2.75) is 19.9 Å². The van der Waals surface area contributed by atoms with Crippen LogP contribution in [0.3, 0.4) is 0 Å². The number of nitrogens with one attached hydrogen (secondary N) is 1. The minimum atomic E-state index is -0.289. The molecule has 1 heterocycles. The summed E-state index contributed by atoms with van der Waals surface area (Å²) >= 11 is 0. The van der Waals surface area contributed by atoms with Crippen molar-refractivity contribution >= 4 is 5.91 Å². The average Bonchev–Trinajstić information content (AvgIpc) is 2.68. The number of rotatable bonds is 6. The fourth-order valence-corrected chi connectivity index (χ4v) is 2.64. The largest absolute Gasteiger partial charge is 0.494 e. The number of carbonyl (C=O) groups excluding carboxylic acids is 1. The van der Waals surface area contributed by atoms with E-state index in [1.54, 1.807) is 6.20 Å². The second-order valence-corrected chi connectivity index (χ2v) is 5.86. The summed E-state index contributed by atoms with van der Waals surface area (Å²) in [6.45, 7) is 4.40. The smallest absolute Gasteiger partial charge is 0.272 e. The molecule has 132 valence electrons. The Kier molecular flexibility index (Phi) is 5.59. The lowest BCUT2D eigenvalue weighted by molar-refractivity contribution is 0.0937. The van der Waals surface area contributed by atoms with E-state index in [4.69, 9.17) is 4.74 Å². The molecule has 0 fully saturated rings. The van der Waals surface area contributed by atoms with E-state index in [9.17, 15) is 4.79 Å². The molecule has 3 rings (SSSR count). The van der Waals surface area contributed by atoms with Crippen LogP contribution in [0.2, 0.25) is 0 Å². The Labute approximate surface area is 153 Å². The van der Waals surface area contributed by atoms with E-state index in [1.165, 1.54) is 6.20 Å². The molecule has 5 nitrogen and oxygen atoms in total. The van der Waals surface area contributed by atoms with Crippen molar-refractivity contribution in [2.24, 2.45) is 0 Å². The van der Waals surface area contributed by atoms with Gasteiger partial charge in [-0.3, -0.25) is 9.78 Å². The lowest BCUT2D eigenvalue weighted by Crippen LogP contribution is -2.30. The van der Waals surface area contributed by atoms with Crippen LogP contribution in [0.4, 0.5) is 0 Å². The first-order valence-corrected chi connectivity index (χ1v) is 8.54. The Morgan fingerprint density at radius 3 is 2.31 bits per heavy atom. The van der Waals surface area contributed by atoms with Crippen molar-refractivity contribution < 1.29 is 9.53 Å². The van der Waals surface area contributed by atoms with Gasteiger partial charge in [0.1, 0.15) is 11.4 Å². The molecule has 2 aromatic carbocycles. The highest BCUT2D eigenvalue weighted by Crippen LogP contribution is 2.24. The Morgan fingerprint density at radius 1 is 1.00 bits per heavy atom. The van der Waals surface area contributed by atoms with E-state index in [1.807, 2.05) is 68.4 Å². The fraction of sp³-hybridized carbons (Fsp3) is 0.190. The zero-order valence-corrected chi connectivity index (χ0v) is 14.8. The molecule has 1 amide bonds. The Hall–Kier alpha value is -3.21. The Bertz CT molecular complexity index is 847. The third-order valence-corrected chi connectivity index (χ3v) is 3.95. The van der Waals surface area contributed by atoms with E-state index < -0.39 is 0 Å². The van der Waals surface area contributed by atoms with Crippen molar-refractivity contribution in [3.8, 4) is 5.75 Å². The van der Waals surface area contributed by atoms with Gasteiger partial charge in [0.25, 0.3) is 5.91 Å². The van der Waals surface area contributed by atoms with Crippen LogP contribution in [-0.4, -0.2) is 22.5 Å². The molecular formula is C21H21N3O2. The van der Waals surface area contributed by atoms with Crippen LogP contribution in [0.5, 0.6) is 5.75 Å². The van der Waals surface area contributed by atoms with Crippen LogP contribution in [0.25, 0.3) is 0 Å². The molecule has 0 spiro atoms. The molecular weight excluding hydrogens is 326 g/mol. The van der Waals surface area contributed by atoms with E-state index in [-0.39, 0.29) is 11.9 Å². The van der Waals surface area contributed by atoms with Crippen LogP contribution in [0.15, 0.2) is 67.0 Å². The van der Waals surface area contributed by atoms with Crippen LogP contribution < -0.4 is 10.1 Å². The third kappa shape index (κ3) is 4.25. The summed E-state index contributed by atoms with van der Waals surface area (Å²) in [6.07, 6.45) is 3.08. The van der Waals surface area contributed by atoms with Gasteiger partial charge < -0.3 is 10.1 Å². The maximum atomic E-state index is 12.6. The van der Waals surface area contributed by atoms with E-state index >= 15 is 0 Å². The maximum absolute atomic E-state index is 12.6. The molecule has 0 saturated carbocycles. The van der Waals surface area contributed by atoms with Gasteiger partial charge in [0.05, 0.1) is 24.5 Å². The first-order valence-electron chi connectivity index (χ1n) is 8.54. The average molecular weight is 347 g/mol. The molecule has 0 aliphatic carbocycles. The predicted octanol–water partition coefficient (Wildman–Crippen LogP) is 3.70. The van der Waals surface area contributed by atoms with Crippen LogP contribution in [-0.2, 0) is 0 Å². The van der Waals surface area contributed by atoms with Gasteiger partial charge in [-0.05, 0) is 37.1 Å². The molecule has 1 unspecified atom stereocenters. The molecule has 0 aliphatic heterocycles. The van der Waals surface area contributed by atoms with Crippen molar-refractivity contribution in [1.82, 2.24) is 15.3 Å². The van der Waals surface area contributed by atoms with Gasteiger partial charge in [0.15, 0.2) is 0 Å². The normalized spacial score (nSPS) is 11.6. The number of aromatic nitrogens is 2. The molecule has 0 aliphatic rings. The minimum absolute atomic E-state index is 0.264. The highest BCUT2D eigenvalue weighted by atomic mass is 16.5. The number of carbonyl (C=O) groups is 1. The van der Waals surface area contributed by atoms with Gasteiger partial charge in [-0.2, -0.15) is 0 Å². The summed E-state index contributed by atoms with van der Waals surface area (Å²) < 4.78 is 5.50. The molecule has 1 atom stereocenters. The van der Waals surface area contributed by atoms with Crippen LogP contribution >= 0.6 is 0 Å². The topological polar surface area (TPSA) is 64.1 Å². The molecule has 0 radical (unpaired) electrons. The summed E-state index contributed by atoms with van der Waals surface area (Å²) in [7, 11) is 0. The minimum Gasteiger partial charge on any atom is -0.494 e. The number of hydrogen-bond donors (Lipinski definition) is 1. The molecule has 0 bridgehead atoms. The first kappa shape index (κ1) is 17.6. The fourth-order valence-electron chi connectivity index (χ4n) is 2.64. The van der Waals surface area contributed by atoms with Gasteiger partial charge in [-0.1, -0.05) is 42.5 Å². The molecule has 3 aromatic rings. The first-order chi connectivity index (χ1) is 12.7. The summed E-state index contributed by atoms with van der Waals surface area (Å²) in [6, 6.07) is 17.3. The summed E-state index contributed by atoms with van der Waals surface area (Å²) in [4.78, 5) is 21.0. The molecule has 0 saturated heterocycles. The van der Waals surface area contributed by atoms with Gasteiger partial charge in [0.2, 0.25) is 0 Å². The Balaban J connectivity index is 1.88. The highest BCUT2D eigenvalue weighted by molar-refractivity contribution is 5.92. The van der Waals surface area contributed by atoms with E-state index in [0.717, 1.165) is 22.6 Å². The van der Waals surface area contributed by atoms with Gasteiger partial charge in [0, 0.05) is 6.20 Å². The second-order valence-electron chi connectivity index (χ2n) is 5.86. The predicted molar refractivity (Wildman–Crippen MR) is 100 cm³/mol. The molecule has 5 heteroatoms. The van der Waals surface area contributed by atoms with Gasteiger partial charge in [-0.25, -0.2) is 4.98 Å². The quantitative estimate of drug-likeness (QED) is 0.738. The van der Waals surface area contributed by atoms with E-state index in [0.29, 0.717) is 12.3 Å². The number of ether oxygens (including phenoxy) is 1. The van der Waals surface area contributed by atoms with E-state index in [2.05, 4.69) is 15.3 Å². The zero-order chi connectivity index (χ0) is 18.4. The maximum Gasteiger partial charge on any atom is 0.272 e. The molecule has 1 aromatic heterocycles. The summed E-state index contributed by atoms with van der Waals surface area (Å²) in [5, 5.41) is 3.05. The summed E-state index contributed by atoms with van der Waals surface area (Å²) in [5.41, 5.74) is 3.02. The molecule has 26 heavy (non-hydrogen) atoms. The molecule has 1 N–H and O–H groups in total. The Morgan fingerprint density at radius 2 is 1.69 bits per heavy atom. The van der Waals surface area contributed by atoms with Crippen LogP contribution in [0, 0.1) is 6.92 Å². The van der Waals surface area contributed by atoms with Crippen molar-refractivity contribution in [1.29, 1.82) is 0 Å². The zero-order valence-electron chi connectivity index (χ0n) is 14.8. The number of aryl methyl sites for hydroxylation is 1. The van der Waals surface area contributed by atoms with Crippen LogP contribution in [0.1, 0.15) is 40.3 Å². The SMILES string of the molecule is CCOc1ccc(C(NC(=O)c2cnc(C)cn2)c2ccccc2)cc1. The monoisotopic (exact) mass is 347 g/mol. The van der Waals surface area contributed by atoms with Gasteiger partial charge in [-0.15, -0.1) is 0 Å². The standard InChI is InChI=1S/C21H21N3O2/c1-3-26-18-11-9-17(10-12-18)20(16-7-5-4-6-8-16)24-21(25)19-14-22-15(2)13-23-19/h4-14,20H,3H2,1-2H3,(H,24,25). The summed E-state index contributed by atoms with van der Waals surface area (Å²) in [5.74, 6) is 0.541. The number of nitrogens with zero attached hydrogens (tertiary/aromatic N) is 2. The second kappa shape index (κ2) is 8.25.